The van der Waals surface area contributed by atoms with E-state index in [-0.39, 0.29) is 31.1 Å². The Kier molecular flexibility index (Phi) is 8.14. The van der Waals surface area contributed by atoms with Crippen LogP contribution in [-0.2, 0) is 4.79 Å². The normalized spacial score (nSPS) is 12.6. The van der Waals surface area contributed by atoms with E-state index >= 15 is 0 Å². The molecule has 19 heavy (non-hydrogen) atoms. The standard InChI is InChI=1S/C13H26N2O4/c1-9(2)11(12(17)18)8-14-13(19)15(10(3)4)6-5-7-16/h9-11,16H,5-8H2,1-4H3,(H,14,19)(H,17,18). The summed E-state index contributed by atoms with van der Waals surface area (Å²) in [5, 5.41) is 20.5. The van der Waals surface area contributed by atoms with Crippen LogP contribution in [0.15, 0.2) is 0 Å². The molecule has 112 valence electrons. The lowest BCUT2D eigenvalue weighted by Crippen LogP contribution is -2.47. The number of aliphatic carboxylic acids is 1. The number of aliphatic hydroxyl groups is 1. The predicted octanol–water partition coefficient (Wildman–Crippen LogP) is 1.15. The van der Waals surface area contributed by atoms with Crippen molar-refractivity contribution < 1.29 is 19.8 Å². The van der Waals surface area contributed by atoms with E-state index in [1.54, 1.807) is 4.90 Å². The fraction of sp³-hybridized carbons (Fsp3) is 0.846. The van der Waals surface area contributed by atoms with Crippen molar-refractivity contribution in [3.8, 4) is 0 Å². The molecule has 0 aliphatic rings. The third-order valence-corrected chi connectivity index (χ3v) is 3.04. The molecule has 3 N–H and O–H groups in total. The second-order valence-electron chi connectivity index (χ2n) is 5.24. The van der Waals surface area contributed by atoms with E-state index in [4.69, 9.17) is 10.2 Å². The Morgan fingerprint density at radius 3 is 2.16 bits per heavy atom. The zero-order valence-electron chi connectivity index (χ0n) is 12.2. The number of carboxylic acids is 1. The molecule has 2 amide bonds. The Labute approximate surface area is 114 Å². The van der Waals surface area contributed by atoms with Crippen molar-refractivity contribution >= 4 is 12.0 Å². The third kappa shape index (κ3) is 6.42. The number of urea groups is 1. The Morgan fingerprint density at radius 2 is 1.79 bits per heavy atom. The van der Waals surface area contributed by atoms with Gasteiger partial charge in [-0.25, -0.2) is 4.79 Å². The summed E-state index contributed by atoms with van der Waals surface area (Å²) in [7, 11) is 0. The molecular weight excluding hydrogens is 248 g/mol. The van der Waals surface area contributed by atoms with E-state index in [9.17, 15) is 9.59 Å². The highest BCUT2D eigenvalue weighted by Gasteiger charge is 2.23. The molecule has 0 aromatic heterocycles. The van der Waals surface area contributed by atoms with Crippen molar-refractivity contribution in [2.45, 2.75) is 40.2 Å². The highest BCUT2D eigenvalue weighted by molar-refractivity contribution is 5.76. The number of amides is 2. The van der Waals surface area contributed by atoms with Gasteiger partial charge in [0.1, 0.15) is 0 Å². The topological polar surface area (TPSA) is 89.9 Å². The average Bonchev–Trinajstić information content (AvgIpc) is 2.28. The minimum absolute atomic E-state index is 0.00822. The molecule has 1 atom stereocenters. The molecule has 0 saturated carbocycles. The van der Waals surface area contributed by atoms with Crippen molar-refractivity contribution in [2.75, 3.05) is 19.7 Å². The molecule has 0 aromatic carbocycles. The Hall–Kier alpha value is -1.30. The van der Waals surface area contributed by atoms with Crippen LogP contribution in [0.25, 0.3) is 0 Å². The van der Waals surface area contributed by atoms with Crippen molar-refractivity contribution in [1.29, 1.82) is 0 Å². The highest BCUT2D eigenvalue weighted by atomic mass is 16.4. The summed E-state index contributed by atoms with van der Waals surface area (Å²) < 4.78 is 0. The molecule has 0 aliphatic carbocycles. The first-order chi connectivity index (χ1) is 8.81. The lowest BCUT2D eigenvalue weighted by molar-refractivity contribution is -0.142. The van der Waals surface area contributed by atoms with E-state index < -0.39 is 11.9 Å². The lowest BCUT2D eigenvalue weighted by Gasteiger charge is -2.28. The molecule has 0 radical (unpaired) electrons. The molecule has 0 bridgehead atoms. The Balaban J connectivity index is 4.43. The lowest BCUT2D eigenvalue weighted by atomic mass is 9.96. The maximum absolute atomic E-state index is 12.0. The van der Waals surface area contributed by atoms with Crippen LogP contribution in [0.2, 0.25) is 0 Å². The van der Waals surface area contributed by atoms with E-state index in [1.165, 1.54) is 0 Å². The third-order valence-electron chi connectivity index (χ3n) is 3.04. The number of aliphatic hydroxyl groups excluding tert-OH is 1. The molecule has 0 fully saturated rings. The van der Waals surface area contributed by atoms with Crippen molar-refractivity contribution in [2.24, 2.45) is 11.8 Å². The molecule has 6 nitrogen and oxygen atoms in total. The summed E-state index contributed by atoms with van der Waals surface area (Å²) in [4.78, 5) is 24.6. The summed E-state index contributed by atoms with van der Waals surface area (Å²) in [5.41, 5.74) is 0. The van der Waals surface area contributed by atoms with Gasteiger partial charge in [-0.3, -0.25) is 4.79 Å². The largest absolute Gasteiger partial charge is 0.481 e. The number of hydrogen-bond donors (Lipinski definition) is 3. The first-order valence-corrected chi connectivity index (χ1v) is 6.69. The van der Waals surface area contributed by atoms with Gasteiger partial charge in [-0.2, -0.15) is 0 Å². The Bertz CT molecular complexity index is 292. The SMILES string of the molecule is CC(C)C(CNC(=O)N(CCCO)C(C)C)C(=O)O. The minimum atomic E-state index is -0.901. The van der Waals surface area contributed by atoms with Crippen LogP contribution in [-0.4, -0.2) is 52.9 Å². The minimum Gasteiger partial charge on any atom is -0.481 e. The van der Waals surface area contributed by atoms with Crippen LogP contribution in [0.5, 0.6) is 0 Å². The fourth-order valence-electron chi connectivity index (χ4n) is 1.74. The van der Waals surface area contributed by atoms with Crippen molar-refractivity contribution in [3.05, 3.63) is 0 Å². The molecule has 0 heterocycles. The van der Waals surface area contributed by atoms with Crippen LogP contribution in [0, 0.1) is 11.8 Å². The molecule has 0 saturated heterocycles. The van der Waals surface area contributed by atoms with Gasteiger partial charge in [-0.05, 0) is 26.2 Å². The number of nitrogens with zero attached hydrogens (tertiary/aromatic N) is 1. The second kappa shape index (κ2) is 8.74. The van der Waals surface area contributed by atoms with Gasteiger partial charge in [-0.15, -0.1) is 0 Å². The molecule has 0 spiro atoms. The van der Waals surface area contributed by atoms with Gasteiger partial charge in [0.2, 0.25) is 0 Å². The number of carbonyl (C=O) groups excluding carboxylic acids is 1. The molecule has 0 aliphatic heterocycles. The number of carbonyl (C=O) groups is 2. The van der Waals surface area contributed by atoms with Gasteiger partial charge in [0, 0.05) is 25.7 Å². The van der Waals surface area contributed by atoms with E-state index in [0.717, 1.165) is 0 Å². The molecular formula is C13H26N2O4. The summed E-state index contributed by atoms with van der Waals surface area (Å²) in [6.07, 6.45) is 0.512. The number of hydrogen-bond acceptors (Lipinski definition) is 3. The van der Waals surface area contributed by atoms with Gasteiger partial charge in [0.25, 0.3) is 0 Å². The highest BCUT2D eigenvalue weighted by Crippen LogP contribution is 2.10. The average molecular weight is 274 g/mol. The molecule has 0 aromatic rings. The summed E-state index contributed by atoms with van der Waals surface area (Å²) in [6.45, 7) is 8.00. The first kappa shape index (κ1) is 17.7. The predicted molar refractivity (Wildman–Crippen MR) is 72.9 cm³/mol. The summed E-state index contributed by atoms with van der Waals surface area (Å²) in [6, 6.07) is -0.274. The zero-order valence-corrected chi connectivity index (χ0v) is 12.2. The van der Waals surface area contributed by atoms with Crippen LogP contribution >= 0.6 is 0 Å². The van der Waals surface area contributed by atoms with Crippen LogP contribution in [0.1, 0.15) is 34.1 Å². The van der Waals surface area contributed by atoms with Gasteiger partial charge in [0.15, 0.2) is 0 Å². The maximum atomic E-state index is 12.0. The van der Waals surface area contributed by atoms with E-state index in [1.807, 2.05) is 27.7 Å². The second-order valence-corrected chi connectivity index (χ2v) is 5.24. The van der Waals surface area contributed by atoms with Crippen molar-refractivity contribution in [1.82, 2.24) is 10.2 Å². The Morgan fingerprint density at radius 1 is 1.21 bits per heavy atom. The summed E-state index contributed by atoms with van der Waals surface area (Å²) >= 11 is 0. The fourth-order valence-corrected chi connectivity index (χ4v) is 1.74. The zero-order chi connectivity index (χ0) is 15.0. The maximum Gasteiger partial charge on any atom is 0.317 e. The smallest absolute Gasteiger partial charge is 0.317 e. The molecule has 6 heteroatoms. The molecule has 0 rings (SSSR count). The van der Waals surface area contributed by atoms with Crippen molar-refractivity contribution in [3.63, 3.8) is 0 Å². The monoisotopic (exact) mass is 274 g/mol. The van der Waals surface area contributed by atoms with E-state index in [0.29, 0.717) is 13.0 Å². The van der Waals surface area contributed by atoms with Gasteiger partial charge >= 0.3 is 12.0 Å². The van der Waals surface area contributed by atoms with Crippen LogP contribution < -0.4 is 5.32 Å². The van der Waals surface area contributed by atoms with Crippen LogP contribution in [0.3, 0.4) is 0 Å². The number of nitrogens with one attached hydrogen (secondary N) is 1. The first-order valence-electron chi connectivity index (χ1n) is 6.69. The van der Waals surface area contributed by atoms with E-state index in [2.05, 4.69) is 5.32 Å². The number of rotatable bonds is 8. The summed E-state index contributed by atoms with van der Waals surface area (Å²) in [5.74, 6) is -1.53. The van der Waals surface area contributed by atoms with Gasteiger partial charge in [0.05, 0.1) is 5.92 Å². The quantitative estimate of drug-likeness (QED) is 0.619. The van der Waals surface area contributed by atoms with Gasteiger partial charge < -0.3 is 20.4 Å². The van der Waals surface area contributed by atoms with Crippen LogP contribution in [0.4, 0.5) is 4.79 Å². The number of carboxylic acid groups (broad SMARTS) is 1. The van der Waals surface area contributed by atoms with Gasteiger partial charge in [-0.1, -0.05) is 13.8 Å². The molecule has 1 unspecified atom stereocenters.